The second-order valence-corrected chi connectivity index (χ2v) is 7.00. The van der Waals surface area contributed by atoms with Gasteiger partial charge in [0.15, 0.2) is 0 Å². The molecule has 1 saturated heterocycles. The molecule has 7 heteroatoms. The highest BCUT2D eigenvalue weighted by molar-refractivity contribution is 5.56. The van der Waals surface area contributed by atoms with E-state index in [4.69, 9.17) is 10.00 Å². The van der Waals surface area contributed by atoms with Crippen LogP contribution in [-0.4, -0.2) is 26.0 Å². The quantitative estimate of drug-likeness (QED) is 0.487. The molecule has 0 unspecified atom stereocenters. The summed E-state index contributed by atoms with van der Waals surface area (Å²) in [5.41, 5.74) is 0.337. The van der Waals surface area contributed by atoms with E-state index in [0.717, 1.165) is 30.1 Å². The van der Waals surface area contributed by atoms with E-state index >= 15 is 0 Å². The molecule has 3 rings (SSSR count). The Morgan fingerprint density at radius 2 is 1.97 bits per heavy atom. The molecule has 29 heavy (non-hydrogen) atoms. The van der Waals surface area contributed by atoms with Crippen molar-refractivity contribution in [3.05, 3.63) is 59.2 Å². The van der Waals surface area contributed by atoms with Crippen molar-refractivity contribution in [1.82, 2.24) is 0 Å². The Hall–Kier alpha value is -3.01. The van der Waals surface area contributed by atoms with Gasteiger partial charge in [0.25, 0.3) is 0 Å². The molecule has 2 aromatic carbocycles. The Kier molecular flexibility index (Phi) is 6.42. The van der Waals surface area contributed by atoms with Crippen LogP contribution in [0.4, 0.5) is 18.9 Å². The molecule has 0 radical (unpaired) electrons. The van der Waals surface area contributed by atoms with Crippen LogP contribution < -0.4 is 9.64 Å². The monoisotopic (exact) mass is 402 g/mol. The molecule has 1 heterocycles. The number of alkyl halides is 3. The molecule has 0 bridgehead atoms. The SMILES string of the molecule is N#Cc1ccc(N2CC[C@H](c3ccc(OCCCC=O)cc3)C2)cc1C(F)(F)F. The second-order valence-electron chi connectivity index (χ2n) is 7.00. The lowest BCUT2D eigenvalue weighted by molar-refractivity contribution is -0.137. The third kappa shape index (κ3) is 5.08. The maximum Gasteiger partial charge on any atom is 0.417 e. The number of nitrogens with zero attached hydrogens (tertiary/aromatic N) is 2. The van der Waals surface area contributed by atoms with E-state index in [0.29, 0.717) is 38.2 Å². The summed E-state index contributed by atoms with van der Waals surface area (Å²) in [7, 11) is 0. The number of hydrogen-bond acceptors (Lipinski definition) is 4. The average molecular weight is 402 g/mol. The first-order valence-corrected chi connectivity index (χ1v) is 9.45. The fourth-order valence-corrected chi connectivity index (χ4v) is 3.52. The van der Waals surface area contributed by atoms with Crippen LogP contribution >= 0.6 is 0 Å². The number of halogens is 3. The fraction of sp³-hybridized carbons (Fsp3) is 0.364. The van der Waals surface area contributed by atoms with Crippen molar-refractivity contribution in [3.8, 4) is 11.8 Å². The zero-order valence-electron chi connectivity index (χ0n) is 15.8. The van der Waals surface area contributed by atoms with Crippen LogP contribution in [0, 0.1) is 11.3 Å². The van der Waals surface area contributed by atoms with Crippen molar-refractivity contribution in [2.24, 2.45) is 0 Å². The summed E-state index contributed by atoms with van der Waals surface area (Å²) in [4.78, 5) is 12.2. The molecule has 4 nitrogen and oxygen atoms in total. The molecule has 1 fully saturated rings. The molecule has 0 N–H and O–H groups in total. The van der Waals surface area contributed by atoms with E-state index in [2.05, 4.69) is 0 Å². The Balaban J connectivity index is 1.66. The number of anilines is 1. The summed E-state index contributed by atoms with van der Waals surface area (Å²) >= 11 is 0. The van der Waals surface area contributed by atoms with Gasteiger partial charge in [-0.2, -0.15) is 18.4 Å². The van der Waals surface area contributed by atoms with Crippen LogP contribution in [0.3, 0.4) is 0 Å². The van der Waals surface area contributed by atoms with Crippen LogP contribution in [0.2, 0.25) is 0 Å². The van der Waals surface area contributed by atoms with Gasteiger partial charge in [0, 0.05) is 31.1 Å². The van der Waals surface area contributed by atoms with E-state index in [-0.39, 0.29) is 11.5 Å². The third-order valence-corrected chi connectivity index (χ3v) is 5.07. The van der Waals surface area contributed by atoms with Crippen LogP contribution in [0.1, 0.15) is 41.9 Å². The Bertz CT molecular complexity index is 888. The molecular formula is C22H21F3N2O2. The highest BCUT2D eigenvalue weighted by Gasteiger charge is 2.35. The molecule has 152 valence electrons. The van der Waals surface area contributed by atoms with E-state index in [9.17, 15) is 18.0 Å². The normalized spacial score (nSPS) is 16.5. The van der Waals surface area contributed by atoms with Crippen LogP contribution in [0.5, 0.6) is 5.75 Å². The maximum absolute atomic E-state index is 13.2. The number of hydrogen-bond donors (Lipinski definition) is 0. The van der Waals surface area contributed by atoms with Crippen molar-refractivity contribution in [3.63, 3.8) is 0 Å². The number of carbonyl (C=O) groups excluding carboxylic acids is 1. The zero-order valence-corrected chi connectivity index (χ0v) is 15.8. The van der Waals surface area contributed by atoms with Crippen LogP contribution in [0.25, 0.3) is 0 Å². The third-order valence-electron chi connectivity index (χ3n) is 5.07. The number of rotatable bonds is 7. The Morgan fingerprint density at radius 1 is 1.21 bits per heavy atom. The van der Waals surface area contributed by atoms with Gasteiger partial charge in [0.2, 0.25) is 0 Å². The maximum atomic E-state index is 13.2. The molecule has 1 aliphatic rings. The van der Waals surface area contributed by atoms with Crippen LogP contribution in [-0.2, 0) is 11.0 Å². The van der Waals surface area contributed by atoms with E-state index in [1.165, 1.54) is 6.07 Å². The summed E-state index contributed by atoms with van der Waals surface area (Å²) in [6.45, 7) is 1.75. The van der Waals surface area contributed by atoms with E-state index in [1.807, 2.05) is 29.2 Å². The second kappa shape index (κ2) is 8.99. The van der Waals surface area contributed by atoms with Gasteiger partial charge in [-0.15, -0.1) is 0 Å². The van der Waals surface area contributed by atoms with Gasteiger partial charge in [-0.05, 0) is 48.7 Å². The van der Waals surface area contributed by atoms with Gasteiger partial charge in [-0.3, -0.25) is 0 Å². The standard InChI is InChI=1S/C22H21F3N2O2/c23-22(24,25)21-13-19(6-3-17(21)14-26)27-10-9-18(15-27)16-4-7-20(8-5-16)29-12-2-1-11-28/h3-8,11,13,18H,1-2,9-10,12,15H2/t18-/m0/s1. The predicted octanol–water partition coefficient (Wildman–Crippen LogP) is 4.93. The van der Waals surface area contributed by atoms with Crippen molar-refractivity contribution in [2.45, 2.75) is 31.4 Å². The Morgan fingerprint density at radius 3 is 2.62 bits per heavy atom. The highest BCUT2D eigenvalue weighted by atomic mass is 19.4. The summed E-state index contributed by atoms with van der Waals surface area (Å²) < 4.78 is 45.2. The van der Waals surface area contributed by atoms with E-state index < -0.39 is 11.7 Å². The number of benzene rings is 2. The molecule has 1 atom stereocenters. The Labute approximate surface area is 167 Å². The summed E-state index contributed by atoms with van der Waals surface area (Å²) in [5, 5.41) is 8.94. The number of nitriles is 1. The zero-order chi connectivity index (χ0) is 20.9. The van der Waals surface area contributed by atoms with Gasteiger partial charge in [-0.25, -0.2) is 0 Å². The minimum atomic E-state index is -4.55. The summed E-state index contributed by atoms with van der Waals surface area (Å²) in [6.07, 6.45) is -1.71. The molecule has 0 aromatic heterocycles. The fourth-order valence-electron chi connectivity index (χ4n) is 3.52. The van der Waals surface area contributed by atoms with Crippen molar-refractivity contribution in [2.75, 3.05) is 24.6 Å². The van der Waals surface area contributed by atoms with Gasteiger partial charge < -0.3 is 14.4 Å². The molecule has 0 amide bonds. The van der Waals surface area contributed by atoms with Gasteiger partial charge in [0.05, 0.1) is 23.8 Å². The summed E-state index contributed by atoms with van der Waals surface area (Å²) in [6, 6.07) is 13.2. The first-order valence-electron chi connectivity index (χ1n) is 9.45. The molecule has 1 aliphatic heterocycles. The lowest BCUT2D eigenvalue weighted by Crippen LogP contribution is -2.20. The first kappa shape index (κ1) is 20.7. The van der Waals surface area contributed by atoms with Crippen molar-refractivity contribution >= 4 is 12.0 Å². The number of unbranched alkanes of at least 4 members (excludes halogenated alkanes) is 1. The smallest absolute Gasteiger partial charge is 0.417 e. The highest BCUT2D eigenvalue weighted by Crippen LogP contribution is 2.37. The summed E-state index contributed by atoms with van der Waals surface area (Å²) in [5.74, 6) is 0.945. The van der Waals surface area contributed by atoms with Crippen LogP contribution in [0.15, 0.2) is 42.5 Å². The van der Waals surface area contributed by atoms with Gasteiger partial charge >= 0.3 is 6.18 Å². The minimum Gasteiger partial charge on any atom is -0.494 e. The topological polar surface area (TPSA) is 53.3 Å². The minimum absolute atomic E-state index is 0.212. The lowest BCUT2D eigenvalue weighted by atomic mass is 9.98. The van der Waals surface area contributed by atoms with Gasteiger partial charge in [0.1, 0.15) is 12.0 Å². The van der Waals surface area contributed by atoms with E-state index in [1.54, 1.807) is 12.1 Å². The molecule has 0 saturated carbocycles. The molecule has 2 aromatic rings. The van der Waals surface area contributed by atoms with Crippen molar-refractivity contribution in [1.29, 1.82) is 5.26 Å². The largest absolute Gasteiger partial charge is 0.494 e. The predicted molar refractivity (Wildman–Crippen MR) is 103 cm³/mol. The number of carbonyl (C=O) groups is 1. The molecule has 0 aliphatic carbocycles. The average Bonchev–Trinajstić information content (AvgIpc) is 3.21. The van der Waals surface area contributed by atoms with Crippen molar-refractivity contribution < 1.29 is 22.7 Å². The molecule has 0 spiro atoms. The number of aldehydes is 1. The van der Waals surface area contributed by atoms with Gasteiger partial charge in [-0.1, -0.05) is 12.1 Å². The first-order chi connectivity index (χ1) is 13.9. The number of ether oxygens (including phenoxy) is 1. The lowest BCUT2D eigenvalue weighted by Gasteiger charge is -2.21. The molecular weight excluding hydrogens is 381 g/mol.